The summed E-state index contributed by atoms with van der Waals surface area (Å²) >= 11 is 0. The number of nitrogens with two attached hydrogens (primary N) is 1. The number of benzene rings is 2. The Morgan fingerprint density at radius 3 is 2.45 bits per heavy atom. The summed E-state index contributed by atoms with van der Waals surface area (Å²) in [6.45, 7) is 0.284. The van der Waals surface area contributed by atoms with Crippen LogP contribution in [-0.2, 0) is 6.18 Å². The van der Waals surface area contributed by atoms with Crippen LogP contribution in [0.2, 0.25) is 0 Å². The van der Waals surface area contributed by atoms with E-state index in [4.69, 9.17) is 10.5 Å². The van der Waals surface area contributed by atoms with Crippen LogP contribution in [0.5, 0.6) is 11.5 Å². The first-order valence-electron chi connectivity index (χ1n) is 6.70. The zero-order valence-corrected chi connectivity index (χ0v) is 11.7. The van der Waals surface area contributed by atoms with Crippen LogP contribution in [0.1, 0.15) is 17.0 Å². The molecule has 0 spiro atoms. The van der Waals surface area contributed by atoms with Crippen molar-refractivity contribution in [1.82, 2.24) is 0 Å². The summed E-state index contributed by atoms with van der Waals surface area (Å²) in [5.74, 6) is -0.106. The molecule has 118 valence electrons. The van der Waals surface area contributed by atoms with Gasteiger partial charge < -0.3 is 15.6 Å². The average molecular weight is 311 g/mol. The van der Waals surface area contributed by atoms with Crippen molar-refractivity contribution in [2.45, 2.75) is 12.1 Å². The maximum absolute atomic E-state index is 12.6. The fraction of sp³-hybridized carbons (Fsp3) is 0.250. The fourth-order valence-electron chi connectivity index (χ4n) is 2.08. The third kappa shape index (κ3) is 3.92. The van der Waals surface area contributed by atoms with Crippen molar-refractivity contribution in [2.75, 3.05) is 13.2 Å². The van der Waals surface area contributed by atoms with E-state index in [0.29, 0.717) is 5.56 Å². The van der Waals surface area contributed by atoms with Crippen molar-refractivity contribution in [3.8, 4) is 11.5 Å². The van der Waals surface area contributed by atoms with Crippen LogP contribution >= 0.6 is 0 Å². The lowest BCUT2D eigenvalue weighted by molar-refractivity contribution is -0.137. The second-order valence-electron chi connectivity index (χ2n) is 4.83. The fourth-order valence-corrected chi connectivity index (χ4v) is 2.08. The molecule has 0 bridgehead atoms. The molecule has 3 nitrogen and oxygen atoms in total. The first-order valence-corrected chi connectivity index (χ1v) is 6.70. The highest BCUT2D eigenvalue weighted by molar-refractivity contribution is 5.36. The normalized spacial score (nSPS) is 12.9. The van der Waals surface area contributed by atoms with Gasteiger partial charge in [0.25, 0.3) is 0 Å². The maximum atomic E-state index is 12.6. The van der Waals surface area contributed by atoms with Gasteiger partial charge >= 0.3 is 6.18 Å². The minimum Gasteiger partial charge on any atom is -0.508 e. The Labute approximate surface area is 126 Å². The van der Waals surface area contributed by atoms with Crippen molar-refractivity contribution in [3.63, 3.8) is 0 Å². The second-order valence-corrected chi connectivity index (χ2v) is 4.83. The van der Waals surface area contributed by atoms with Crippen molar-refractivity contribution in [3.05, 3.63) is 59.7 Å². The van der Waals surface area contributed by atoms with Gasteiger partial charge in [-0.1, -0.05) is 24.3 Å². The Morgan fingerprint density at radius 1 is 1.09 bits per heavy atom. The molecule has 1 atom stereocenters. The molecule has 1 unspecified atom stereocenters. The summed E-state index contributed by atoms with van der Waals surface area (Å²) in [4.78, 5) is 0. The molecule has 0 saturated carbocycles. The quantitative estimate of drug-likeness (QED) is 0.888. The van der Waals surface area contributed by atoms with E-state index < -0.39 is 11.7 Å². The lowest BCUT2D eigenvalue weighted by atomic mass is 9.99. The van der Waals surface area contributed by atoms with Crippen LogP contribution in [0.3, 0.4) is 0 Å². The number of halogens is 3. The molecule has 0 aliphatic carbocycles. The van der Waals surface area contributed by atoms with Crippen LogP contribution < -0.4 is 10.5 Å². The zero-order chi connectivity index (χ0) is 16.2. The summed E-state index contributed by atoms with van der Waals surface area (Å²) in [7, 11) is 0. The van der Waals surface area contributed by atoms with E-state index >= 15 is 0 Å². The van der Waals surface area contributed by atoms with E-state index in [1.807, 2.05) is 0 Å². The lowest BCUT2D eigenvalue weighted by Gasteiger charge is -2.18. The summed E-state index contributed by atoms with van der Waals surface area (Å²) in [6.07, 6.45) is -4.41. The van der Waals surface area contributed by atoms with Crippen LogP contribution in [0.25, 0.3) is 0 Å². The van der Waals surface area contributed by atoms with Crippen LogP contribution in [-0.4, -0.2) is 18.3 Å². The second kappa shape index (κ2) is 6.70. The Hall–Kier alpha value is -2.21. The lowest BCUT2D eigenvalue weighted by Crippen LogP contribution is -2.20. The van der Waals surface area contributed by atoms with Crippen molar-refractivity contribution in [1.29, 1.82) is 0 Å². The number of phenols is 1. The zero-order valence-electron chi connectivity index (χ0n) is 11.7. The predicted octanol–water partition coefficient (Wildman–Crippen LogP) is 3.53. The molecule has 0 saturated heterocycles. The highest BCUT2D eigenvalue weighted by Gasteiger charge is 2.30. The Kier molecular flexibility index (Phi) is 4.92. The average Bonchev–Trinajstić information content (AvgIpc) is 2.49. The Bertz CT molecular complexity index is 629. The number of alkyl halides is 3. The van der Waals surface area contributed by atoms with E-state index in [-0.39, 0.29) is 30.6 Å². The third-order valence-corrected chi connectivity index (χ3v) is 3.27. The number of para-hydroxylation sites is 1. The van der Waals surface area contributed by atoms with Crippen LogP contribution in [0.15, 0.2) is 48.5 Å². The Balaban J connectivity index is 2.10. The molecule has 0 amide bonds. The van der Waals surface area contributed by atoms with Crippen LogP contribution in [0.4, 0.5) is 13.2 Å². The number of rotatable bonds is 5. The SMILES string of the molecule is NCC(COc1cccc(C(F)(F)F)c1)c1ccccc1O. The first-order chi connectivity index (χ1) is 10.4. The molecule has 0 aromatic heterocycles. The molecular formula is C16H16F3NO2. The molecule has 0 aliphatic rings. The molecular weight excluding hydrogens is 295 g/mol. The predicted molar refractivity (Wildman–Crippen MR) is 76.8 cm³/mol. The van der Waals surface area contributed by atoms with Gasteiger partial charge in [-0.05, 0) is 24.3 Å². The summed E-state index contributed by atoms with van der Waals surface area (Å²) in [5.41, 5.74) is 5.51. The number of aromatic hydroxyl groups is 1. The summed E-state index contributed by atoms with van der Waals surface area (Å²) in [5, 5.41) is 9.80. The number of ether oxygens (including phenoxy) is 1. The topological polar surface area (TPSA) is 55.5 Å². The highest BCUT2D eigenvalue weighted by Crippen LogP contribution is 2.32. The molecule has 2 aromatic rings. The maximum Gasteiger partial charge on any atom is 0.416 e. The van der Waals surface area contributed by atoms with Crippen molar-refractivity contribution < 1.29 is 23.0 Å². The molecule has 6 heteroatoms. The Morgan fingerprint density at radius 2 is 1.82 bits per heavy atom. The third-order valence-electron chi connectivity index (χ3n) is 3.27. The monoisotopic (exact) mass is 311 g/mol. The van der Waals surface area contributed by atoms with Gasteiger partial charge in [0.1, 0.15) is 11.5 Å². The van der Waals surface area contributed by atoms with E-state index in [9.17, 15) is 18.3 Å². The van der Waals surface area contributed by atoms with Gasteiger partial charge in [0, 0.05) is 18.0 Å². The van der Waals surface area contributed by atoms with Gasteiger partial charge in [0.05, 0.1) is 12.2 Å². The first kappa shape index (κ1) is 16.2. The van der Waals surface area contributed by atoms with E-state index in [0.717, 1.165) is 12.1 Å². The minimum atomic E-state index is -4.41. The molecule has 0 fully saturated rings. The molecule has 0 heterocycles. The van der Waals surface area contributed by atoms with Gasteiger partial charge in [-0.25, -0.2) is 0 Å². The van der Waals surface area contributed by atoms with Gasteiger partial charge in [0.2, 0.25) is 0 Å². The smallest absolute Gasteiger partial charge is 0.416 e. The van der Waals surface area contributed by atoms with Crippen molar-refractivity contribution >= 4 is 0 Å². The molecule has 2 rings (SSSR count). The number of hydrogen-bond donors (Lipinski definition) is 2. The van der Waals surface area contributed by atoms with Gasteiger partial charge in [-0.2, -0.15) is 13.2 Å². The molecule has 3 N–H and O–H groups in total. The molecule has 0 aliphatic heterocycles. The largest absolute Gasteiger partial charge is 0.508 e. The van der Waals surface area contributed by atoms with Gasteiger partial charge in [-0.3, -0.25) is 0 Å². The van der Waals surface area contributed by atoms with Gasteiger partial charge in [0.15, 0.2) is 0 Å². The van der Waals surface area contributed by atoms with E-state index in [2.05, 4.69) is 0 Å². The van der Waals surface area contributed by atoms with E-state index in [1.165, 1.54) is 18.2 Å². The number of phenolic OH excluding ortho intramolecular Hbond substituents is 1. The van der Waals surface area contributed by atoms with Crippen LogP contribution in [0, 0.1) is 0 Å². The highest BCUT2D eigenvalue weighted by atomic mass is 19.4. The van der Waals surface area contributed by atoms with Crippen molar-refractivity contribution in [2.24, 2.45) is 5.73 Å². The molecule has 0 radical (unpaired) electrons. The van der Waals surface area contributed by atoms with E-state index in [1.54, 1.807) is 18.2 Å². The minimum absolute atomic E-state index is 0.0788. The van der Waals surface area contributed by atoms with Gasteiger partial charge in [-0.15, -0.1) is 0 Å². The summed E-state index contributed by atoms with van der Waals surface area (Å²) < 4.78 is 43.3. The molecule has 22 heavy (non-hydrogen) atoms. The molecule has 2 aromatic carbocycles. The number of hydrogen-bond acceptors (Lipinski definition) is 3. The summed E-state index contributed by atoms with van der Waals surface area (Å²) in [6, 6.07) is 11.3. The standard InChI is InChI=1S/C16H16F3NO2/c17-16(18,19)12-4-3-5-13(8-12)22-10-11(9-20)14-6-1-2-7-15(14)21/h1-8,11,21H,9-10,20H2.